The molecular formula is C12H23N3O2. The van der Waals surface area contributed by atoms with Gasteiger partial charge in [-0.3, -0.25) is 9.59 Å². The monoisotopic (exact) mass is 241 g/mol. The Balaban J connectivity index is 2.31. The van der Waals surface area contributed by atoms with Crippen molar-refractivity contribution in [3.8, 4) is 0 Å². The molecule has 0 aromatic carbocycles. The topological polar surface area (TPSA) is 61.4 Å². The van der Waals surface area contributed by atoms with Gasteiger partial charge in [0.15, 0.2) is 0 Å². The first-order valence-corrected chi connectivity index (χ1v) is 6.15. The van der Waals surface area contributed by atoms with Crippen molar-refractivity contribution in [3.63, 3.8) is 0 Å². The minimum Gasteiger partial charge on any atom is -0.355 e. The molecule has 2 N–H and O–H groups in total. The average molecular weight is 241 g/mol. The Morgan fingerprint density at radius 1 is 1.29 bits per heavy atom. The van der Waals surface area contributed by atoms with Crippen LogP contribution in [0.15, 0.2) is 0 Å². The maximum atomic E-state index is 12.0. The lowest BCUT2D eigenvalue weighted by molar-refractivity contribution is -0.132. The highest BCUT2D eigenvalue weighted by atomic mass is 16.2. The van der Waals surface area contributed by atoms with Gasteiger partial charge in [-0.25, -0.2) is 0 Å². The number of amides is 2. The normalized spacial score (nSPS) is 18.5. The number of carbonyl (C=O) groups excluding carboxylic acids is 2. The number of hydrogen-bond acceptors (Lipinski definition) is 3. The molecule has 1 aliphatic heterocycles. The molecule has 1 aliphatic rings. The summed E-state index contributed by atoms with van der Waals surface area (Å²) in [4.78, 5) is 24.9. The predicted molar refractivity (Wildman–Crippen MR) is 66.5 cm³/mol. The first-order chi connectivity index (χ1) is 7.96. The third kappa shape index (κ3) is 4.00. The van der Waals surface area contributed by atoms with Crippen LogP contribution in [-0.2, 0) is 9.59 Å². The van der Waals surface area contributed by atoms with Crippen molar-refractivity contribution in [2.45, 2.75) is 26.2 Å². The molecule has 17 heavy (non-hydrogen) atoms. The van der Waals surface area contributed by atoms with E-state index in [-0.39, 0.29) is 17.2 Å². The maximum Gasteiger partial charge on any atom is 0.226 e. The summed E-state index contributed by atoms with van der Waals surface area (Å²) in [6, 6.07) is 0. The molecule has 0 aliphatic carbocycles. The second kappa shape index (κ2) is 6.00. The smallest absolute Gasteiger partial charge is 0.226 e. The van der Waals surface area contributed by atoms with Crippen molar-refractivity contribution in [1.29, 1.82) is 0 Å². The molecule has 0 radical (unpaired) electrons. The number of piperidine rings is 1. The Morgan fingerprint density at radius 3 is 2.41 bits per heavy atom. The molecule has 0 spiro atoms. The third-order valence-electron chi connectivity index (χ3n) is 3.38. The fourth-order valence-corrected chi connectivity index (χ4v) is 1.93. The van der Waals surface area contributed by atoms with E-state index in [0.29, 0.717) is 13.0 Å². The number of hydrogen-bond donors (Lipinski definition) is 2. The lowest BCUT2D eigenvalue weighted by Crippen LogP contribution is -2.46. The highest BCUT2D eigenvalue weighted by molar-refractivity contribution is 5.83. The van der Waals surface area contributed by atoms with Gasteiger partial charge in [0.25, 0.3) is 0 Å². The predicted octanol–water partition coefficient (Wildman–Crippen LogP) is -0.0294. The van der Waals surface area contributed by atoms with Crippen LogP contribution >= 0.6 is 0 Å². The fraction of sp³-hybridized carbons (Fsp3) is 0.833. The Morgan fingerprint density at radius 2 is 1.88 bits per heavy atom. The fourth-order valence-electron chi connectivity index (χ4n) is 1.93. The van der Waals surface area contributed by atoms with Crippen LogP contribution in [0.25, 0.3) is 0 Å². The number of rotatable bonds is 4. The summed E-state index contributed by atoms with van der Waals surface area (Å²) >= 11 is 0. The second-order valence-electron chi connectivity index (χ2n) is 5.10. The van der Waals surface area contributed by atoms with Crippen LogP contribution in [0.3, 0.4) is 0 Å². The van der Waals surface area contributed by atoms with Crippen LogP contribution in [0, 0.1) is 5.41 Å². The van der Waals surface area contributed by atoms with Crippen LogP contribution in [-0.4, -0.2) is 50.4 Å². The van der Waals surface area contributed by atoms with Gasteiger partial charge in [0, 0.05) is 32.5 Å². The van der Waals surface area contributed by atoms with Gasteiger partial charge < -0.3 is 15.5 Å². The zero-order valence-electron chi connectivity index (χ0n) is 11.0. The summed E-state index contributed by atoms with van der Waals surface area (Å²) in [6.45, 7) is 4.21. The number of carbonyl (C=O) groups is 2. The van der Waals surface area contributed by atoms with Crippen LogP contribution in [0.4, 0.5) is 0 Å². The van der Waals surface area contributed by atoms with Crippen molar-refractivity contribution in [3.05, 3.63) is 0 Å². The van der Waals surface area contributed by atoms with Crippen LogP contribution in [0.2, 0.25) is 0 Å². The Labute approximate surface area is 103 Å². The van der Waals surface area contributed by atoms with E-state index in [4.69, 9.17) is 0 Å². The van der Waals surface area contributed by atoms with Crippen LogP contribution in [0.5, 0.6) is 0 Å². The van der Waals surface area contributed by atoms with E-state index in [1.807, 2.05) is 6.92 Å². The molecule has 0 aromatic heterocycles. The van der Waals surface area contributed by atoms with Gasteiger partial charge in [-0.2, -0.15) is 0 Å². The van der Waals surface area contributed by atoms with Crippen molar-refractivity contribution in [2.24, 2.45) is 5.41 Å². The molecule has 2 amide bonds. The number of nitrogens with zero attached hydrogens (tertiary/aromatic N) is 1. The van der Waals surface area contributed by atoms with Crippen molar-refractivity contribution in [2.75, 3.05) is 33.7 Å². The maximum absolute atomic E-state index is 12.0. The molecule has 0 unspecified atom stereocenters. The molecule has 5 heteroatoms. The third-order valence-corrected chi connectivity index (χ3v) is 3.38. The Bertz CT molecular complexity index is 283. The summed E-state index contributed by atoms with van der Waals surface area (Å²) in [5, 5.41) is 6.11. The second-order valence-corrected chi connectivity index (χ2v) is 5.10. The van der Waals surface area contributed by atoms with E-state index < -0.39 is 0 Å². The van der Waals surface area contributed by atoms with Gasteiger partial charge in [0.05, 0.1) is 0 Å². The summed E-state index contributed by atoms with van der Waals surface area (Å²) in [5.41, 5.74) is -0.271. The molecule has 98 valence electrons. The van der Waals surface area contributed by atoms with E-state index in [1.165, 1.54) is 0 Å². The van der Waals surface area contributed by atoms with Crippen molar-refractivity contribution < 1.29 is 9.59 Å². The van der Waals surface area contributed by atoms with Crippen molar-refractivity contribution >= 4 is 11.8 Å². The molecule has 5 nitrogen and oxygen atoms in total. The summed E-state index contributed by atoms with van der Waals surface area (Å²) in [5.74, 6) is 0.117. The summed E-state index contributed by atoms with van der Waals surface area (Å²) in [7, 11) is 3.44. The lowest BCUT2D eigenvalue weighted by Gasteiger charge is -2.32. The standard InChI is InChI=1S/C12H23N3O2/c1-12(5-8-13-9-6-12)11(17)14-7-4-10(16)15(2)3/h13H,4-9H2,1-3H3,(H,14,17). The van der Waals surface area contributed by atoms with E-state index >= 15 is 0 Å². The van der Waals surface area contributed by atoms with Gasteiger partial charge in [0.2, 0.25) is 11.8 Å². The van der Waals surface area contributed by atoms with Gasteiger partial charge >= 0.3 is 0 Å². The number of nitrogens with one attached hydrogen (secondary N) is 2. The lowest BCUT2D eigenvalue weighted by atomic mass is 9.80. The molecule has 0 saturated carbocycles. The molecule has 1 rings (SSSR count). The Hall–Kier alpha value is -1.10. The minimum absolute atomic E-state index is 0.0424. The molecular weight excluding hydrogens is 218 g/mol. The largest absolute Gasteiger partial charge is 0.355 e. The average Bonchev–Trinajstić information content (AvgIpc) is 2.29. The first kappa shape index (κ1) is 14.0. The van der Waals surface area contributed by atoms with Crippen LogP contribution in [0.1, 0.15) is 26.2 Å². The SMILES string of the molecule is CN(C)C(=O)CCNC(=O)C1(C)CCNCC1. The zero-order chi connectivity index (χ0) is 12.9. The van der Waals surface area contributed by atoms with E-state index in [1.54, 1.807) is 19.0 Å². The zero-order valence-corrected chi connectivity index (χ0v) is 11.0. The molecule has 1 fully saturated rings. The van der Waals surface area contributed by atoms with E-state index in [9.17, 15) is 9.59 Å². The highest BCUT2D eigenvalue weighted by Gasteiger charge is 2.34. The molecule has 0 atom stereocenters. The highest BCUT2D eigenvalue weighted by Crippen LogP contribution is 2.27. The molecule has 0 bridgehead atoms. The Kier molecular flexibility index (Phi) is 4.93. The minimum atomic E-state index is -0.271. The van der Waals surface area contributed by atoms with E-state index in [2.05, 4.69) is 10.6 Å². The molecule has 1 saturated heterocycles. The van der Waals surface area contributed by atoms with Crippen LogP contribution < -0.4 is 10.6 Å². The quantitative estimate of drug-likeness (QED) is 0.726. The molecule has 1 heterocycles. The summed E-state index contributed by atoms with van der Waals surface area (Å²) in [6.07, 6.45) is 2.09. The first-order valence-electron chi connectivity index (χ1n) is 6.15. The van der Waals surface area contributed by atoms with Gasteiger partial charge in [-0.15, -0.1) is 0 Å². The molecule has 0 aromatic rings. The van der Waals surface area contributed by atoms with Gasteiger partial charge in [-0.05, 0) is 25.9 Å². The van der Waals surface area contributed by atoms with E-state index in [0.717, 1.165) is 25.9 Å². The van der Waals surface area contributed by atoms with Gasteiger partial charge in [0.1, 0.15) is 0 Å². The summed E-state index contributed by atoms with van der Waals surface area (Å²) < 4.78 is 0. The van der Waals surface area contributed by atoms with Crippen molar-refractivity contribution in [1.82, 2.24) is 15.5 Å². The van der Waals surface area contributed by atoms with Gasteiger partial charge in [-0.1, -0.05) is 6.92 Å².